The number of carbonyl (C=O) groups excluding carboxylic acids is 2. The zero-order valence-corrected chi connectivity index (χ0v) is 12.8. The second-order valence-corrected chi connectivity index (χ2v) is 5.62. The van der Waals surface area contributed by atoms with Crippen LogP contribution in [0, 0.1) is 5.92 Å². The first-order valence-corrected chi connectivity index (χ1v) is 7.29. The van der Waals surface area contributed by atoms with Gasteiger partial charge in [-0.3, -0.25) is 14.4 Å². The van der Waals surface area contributed by atoms with E-state index in [0.29, 0.717) is 24.2 Å². The molecule has 6 heteroatoms. The summed E-state index contributed by atoms with van der Waals surface area (Å²) in [4.78, 5) is 38.1. The molecule has 0 spiro atoms. The normalized spacial score (nSPS) is 15.7. The third-order valence-electron chi connectivity index (χ3n) is 3.79. The second kappa shape index (κ2) is 6.60. The van der Waals surface area contributed by atoms with Crippen LogP contribution in [0.2, 0.25) is 0 Å². The van der Waals surface area contributed by atoms with Crippen molar-refractivity contribution in [3.63, 3.8) is 0 Å². The maximum Gasteiger partial charge on any atom is 0.308 e. The molecule has 118 valence electrons. The van der Waals surface area contributed by atoms with E-state index in [9.17, 15) is 14.4 Å². The summed E-state index contributed by atoms with van der Waals surface area (Å²) in [6.07, 6.45) is 1.36. The molecule has 0 saturated carbocycles. The maximum absolute atomic E-state index is 12.4. The summed E-state index contributed by atoms with van der Waals surface area (Å²) in [5.41, 5.74) is 1.17. The monoisotopic (exact) mass is 304 g/mol. The van der Waals surface area contributed by atoms with Crippen LogP contribution in [0.5, 0.6) is 0 Å². The first kappa shape index (κ1) is 16.0. The number of hydrogen-bond acceptors (Lipinski definition) is 3. The van der Waals surface area contributed by atoms with Gasteiger partial charge in [0.2, 0.25) is 5.91 Å². The molecule has 0 aliphatic carbocycles. The van der Waals surface area contributed by atoms with Crippen LogP contribution in [0.1, 0.15) is 30.1 Å². The Labute approximate surface area is 129 Å². The number of nitrogens with zero attached hydrogens (tertiary/aromatic N) is 2. The van der Waals surface area contributed by atoms with E-state index in [0.717, 1.165) is 6.42 Å². The Bertz CT molecular complexity index is 600. The van der Waals surface area contributed by atoms with Crippen molar-refractivity contribution in [2.45, 2.75) is 19.8 Å². The smallest absolute Gasteiger partial charge is 0.308 e. The lowest BCUT2D eigenvalue weighted by molar-refractivity contribution is -0.141. The highest BCUT2D eigenvalue weighted by Crippen LogP contribution is 2.22. The zero-order valence-electron chi connectivity index (χ0n) is 12.8. The molecule has 1 N–H and O–H groups in total. The fourth-order valence-corrected chi connectivity index (χ4v) is 2.52. The topological polar surface area (TPSA) is 77.9 Å². The molecule has 1 saturated heterocycles. The summed E-state index contributed by atoms with van der Waals surface area (Å²) in [5, 5.41) is 8.92. The molecular formula is C16H20N2O4. The van der Waals surface area contributed by atoms with Crippen molar-refractivity contribution in [3.05, 3.63) is 29.8 Å². The van der Waals surface area contributed by atoms with E-state index >= 15 is 0 Å². The standard InChI is InChI=1S/C16H20N2O4/c1-11(16(21)22)10-17(2)15(20)12-5-3-6-13(9-12)18-8-4-7-14(18)19/h3,5-6,9,11H,4,7-8,10H2,1-2H3,(H,21,22). The van der Waals surface area contributed by atoms with Gasteiger partial charge in [-0.05, 0) is 24.6 Å². The third-order valence-corrected chi connectivity index (χ3v) is 3.79. The summed E-state index contributed by atoms with van der Waals surface area (Å²) in [6, 6.07) is 6.91. The van der Waals surface area contributed by atoms with E-state index in [1.807, 2.05) is 0 Å². The Hall–Kier alpha value is -2.37. The molecule has 1 aromatic rings. The van der Waals surface area contributed by atoms with Crippen molar-refractivity contribution in [2.75, 3.05) is 25.0 Å². The Morgan fingerprint density at radius 2 is 2.14 bits per heavy atom. The van der Waals surface area contributed by atoms with Gasteiger partial charge in [0, 0.05) is 37.8 Å². The fraction of sp³-hybridized carbons (Fsp3) is 0.438. The largest absolute Gasteiger partial charge is 0.481 e. The van der Waals surface area contributed by atoms with Crippen LogP contribution in [0.4, 0.5) is 5.69 Å². The van der Waals surface area contributed by atoms with Crippen LogP contribution in [0.15, 0.2) is 24.3 Å². The first-order chi connectivity index (χ1) is 10.4. The summed E-state index contributed by atoms with van der Waals surface area (Å²) in [5.74, 6) is -1.74. The van der Waals surface area contributed by atoms with Gasteiger partial charge >= 0.3 is 5.97 Å². The molecule has 0 radical (unpaired) electrons. The predicted molar refractivity (Wildman–Crippen MR) is 81.8 cm³/mol. The van der Waals surface area contributed by atoms with Crippen LogP contribution in [-0.2, 0) is 9.59 Å². The van der Waals surface area contributed by atoms with Crippen molar-refractivity contribution in [3.8, 4) is 0 Å². The highest BCUT2D eigenvalue weighted by Gasteiger charge is 2.23. The molecule has 1 aromatic carbocycles. The summed E-state index contributed by atoms with van der Waals surface area (Å²) in [6.45, 7) is 2.37. The van der Waals surface area contributed by atoms with Crippen molar-refractivity contribution in [2.24, 2.45) is 5.92 Å². The number of carbonyl (C=O) groups is 3. The van der Waals surface area contributed by atoms with Crippen LogP contribution >= 0.6 is 0 Å². The Morgan fingerprint density at radius 3 is 2.73 bits per heavy atom. The average molecular weight is 304 g/mol. The lowest BCUT2D eigenvalue weighted by atomic mass is 10.1. The van der Waals surface area contributed by atoms with Gasteiger partial charge in [0.15, 0.2) is 0 Å². The summed E-state index contributed by atoms with van der Waals surface area (Å²) >= 11 is 0. The zero-order chi connectivity index (χ0) is 16.3. The number of benzene rings is 1. The molecule has 2 amide bonds. The van der Waals surface area contributed by atoms with Crippen molar-refractivity contribution in [1.82, 2.24) is 4.90 Å². The summed E-state index contributed by atoms with van der Waals surface area (Å²) in [7, 11) is 1.58. The van der Waals surface area contributed by atoms with E-state index in [1.54, 1.807) is 43.1 Å². The number of hydrogen-bond donors (Lipinski definition) is 1. The molecule has 0 aromatic heterocycles. The van der Waals surface area contributed by atoms with Crippen LogP contribution in [0.3, 0.4) is 0 Å². The minimum absolute atomic E-state index is 0.0671. The van der Waals surface area contributed by atoms with Crippen molar-refractivity contribution in [1.29, 1.82) is 0 Å². The lowest BCUT2D eigenvalue weighted by Crippen LogP contribution is -2.33. The van der Waals surface area contributed by atoms with E-state index in [2.05, 4.69) is 0 Å². The van der Waals surface area contributed by atoms with Gasteiger partial charge in [-0.2, -0.15) is 0 Å². The maximum atomic E-state index is 12.4. The average Bonchev–Trinajstić information content (AvgIpc) is 2.92. The molecule has 1 unspecified atom stereocenters. The van der Waals surface area contributed by atoms with Crippen LogP contribution in [-0.4, -0.2) is 47.9 Å². The first-order valence-electron chi connectivity index (χ1n) is 7.29. The number of rotatable bonds is 5. The van der Waals surface area contributed by atoms with Gasteiger partial charge in [0.25, 0.3) is 5.91 Å². The Kier molecular flexibility index (Phi) is 4.80. The molecule has 6 nitrogen and oxygen atoms in total. The van der Waals surface area contributed by atoms with Crippen LogP contribution < -0.4 is 4.90 Å². The van der Waals surface area contributed by atoms with E-state index in [-0.39, 0.29) is 18.4 Å². The van der Waals surface area contributed by atoms with Gasteiger partial charge in [-0.25, -0.2) is 0 Å². The number of anilines is 1. The highest BCUT2D eigenvalue weighted by atomic mass is 16.4. The number of amides is 2. The van der Waals surface area contributed by atoms with Gasteiger partial charge in [0.1, 0.15) is 0 Å². The van der Waals surface area contributed by atoms with Crippen molar-refractivity contribution < 1.29 is 19.5 Å². The molecular weight excluding hydrogens is 284 g/mol. The Balaban J connectivity index is 2.13. The predicted octanol–water partition coefficient (Wildman–Crippen LogP) is 1.61. The number of carboxylic acids is 1. The molecule has 1 heterocycles. The molecule has 1 aliphatic rings. The van der Waals surface area contributed by atoms with Gasteiger partial charge in [-0.1, -0.05) is 13.0 Å². The molecule has 1 fully saturated rings. The van der Waals surface area contributed by atoms with Gasteiger partial charge < -0.3 is 14.9 Å². The highest BCUT2D eigenvalue weighted by molar-refractivity contribution is 5.99. The fourth-order valence-electron chi connectivity index (χ4n) is 2.52. The van der Waals surface area contributed by atoms with E-state index < -0.39 is 11.9 Å². The quantitative estimate of drug-likeness (QED) is 0.896. The molecule has 1 atom stereocenters. The molecule has 0 bridgehead atoms. The van der Waals surface area contributed by atoms with Crippen molar-refractivity contribution >= 4 is 23.5 Å². The summed E-state index contributed by atoms with van der Waals surface area (Å²) < 4.78 is 0. The second-order valence-electron chi connectivity index (χ2n) is 5.62. The third kappa shape index (κ3) is 3.44. The van der Waals surface area contributed by atoms with E-state index in [4.69, 9.17) is 5.11 Å². The molecule has 22 heavy (non-hydrogen) atoms. The SMILES string of the molecule is CC(CN(C)C(=O)c1cccc(N2CCCC2=O)c1)C(=O)O. The minimum atomic E-state index is -0.934. The van der Waals surface area contributed by atoms with Gasteiger partial charge in [-0.15, -0.1) is 0 Å². The lowest BCUT2D eigenvalue weighted by Gasteiger charge is -2.21. The molecule has 2 rings (SSSR count). The number of aliphatic carboxylic acids is 1. The van der Waals surface area contributed by atoms with Crippen LogP contribution in [0.25, 0.3) is 0 Å². The van der Waals surface area contributed by atoms with E-state index in [1.165, 1.54) is 4.90 Å². The van der Waals surface area contributed by atoms with Gasteiger partial charge in [0.05, 0.1) is 5.92 Å². The molecule has 1 aliphatic heterocycles. The minimum Gasteiger partial charge on any atom is -0.481 e. The number of carboxylic acid groups (broad SMARTS) is 1. The Morgan fingerprint density at radius 1 is 1.41 bits per heavy atom.